The molecule has 1 aromatic carbocycles. The van der Waals surface area contributed by atoms with Gasteiger partial charge in [0, 0.05) is 49.0 Å². The van der Waals surface area contributed by atoms with Gasteiger partial charge in [-0.3, -0.25) is 4.79 Å². The van der Waals surface area contributed by atoms with Crippen LogP contribution < -0.4 is 4.90 Å². The lowest BCUT2D eigenvalue weighted by Gasteiger charge is -2.36. The van der Waals surface area contributed by atoms with Crippen molar-refractivity contribution >= 4 is 28.7 Å². The van der Waals surface area contributed by atoms with E-state index in [2.05, 4.69) is 33.9 Å². The van der Waals surface area contributed by atoms with Crippen LogP contribution in [0.15, 0.2) is 36.7 Å². The molecule has 0 unspecified atom stereocenters. The fourth-order valence-corrected chi connectivity index (χ4v) is 5.42. The van der Waals surface area contributed by atoms with Gasteiger partial charge in [-0.1, -0.05) is 38.3 Å². The Hall–Kier alpha value is -3.42. The molecular formula is C29H37N5O3. The average Bonchev–Trinajstić information content (AvgIpc) is 3.31. The first kappa shape index (κ1) is 25.2. The number of carbonyl (C=O) groups excluding carboxylic acids is 2. The number of fused-ring (bicyclic) bond motifs is 1. The number of nitrogens with one attached hydrogen (secondary N) is 1. The highest BCUT2D eigenvalue weighted by Crippen LogP contribution is 2.39. The second-order valence-electron chi connectivity index (χ2n) is 11.6. The highest BCUT2D eigenvalue weighted by molar-refractivity contribution is 6.08. The quantitative estimate of drug-likeness (QED) is 0.450. The Morgan fingerprint density at radius 1 is 1.05 bits per heavy atom. The number of Topliss-reactive ketones (excluding diaryl/α,β-unsaturated/α-hetero) is 1. The van der Waals surface area contributed by atoms with E-state index >= 15 is 0 Å². The van der Waals surface area contributed by atoms with Crippen molar-refractivity contribution in [2.24, 2.45) is 5.41 Å². The molecule has 2 aliphatic rings. The van der Waals surface area contributed by atoms with E-state index in [1.807, 2.05) is 32.9 Å². The Balaban J connectivity index is 1.34. The normalized spacial score (nSPS) is 18.2. The van der Waals surface area contributed by atoms with Crippen LogP contribution in [-0.4, -0.2) is 63.5 Å². The van der Waals surface area contributed by atoms with E-state index in [-0.39, 0.29) is 17.3 Å². The van der Waals surface area contributed by atoms with Crippen molar-refractivity contribution in [3.8, 4) is 11.3 Å². The Bertz CT molecular complexity index is 1290. The van der Waals surface area contributed by atoms with Crippen molar-refractivity contribution in [1.29, 1.82) is 0 Å². The number of benzene rings is 1. The van der Waals surface area contributed by atoms with Gasteiger partial charge in [0.25, 0.3) is 0 Å². The second-order valence-corrected chi connectivity index (χ2v) is 11.6. The van der Waals surface area contributed by atoms with Crippen LogP contribution in [0.25, 0.3) is 22.4 Å². The third-order valence-electron chi connectivity index (χ3n) is 7.57. The van der Waals surface area contributed by atoms with Gasteiger partial charge in [0.05, 0.1) is 17.5 Å². The third kappa shape index (κ3) is 5.33. The topological polar surface area (TPSA) is 91.4 Å². The van der Waals surface area contributed by atoms with Crippen LogP contribution in [0.5, 0.6) is 0 Å². The molecule has 1 saturated heterocycles. The standard InChI is InChI=1S/C29H37N5O3/c1-28(2,3)37-27(36)34-15-13-33(14-16-34)21-10-8-9-20(17-21)23-19-31-26-24(32-23)22(18-30-26)25(35)29(4)11-6-5-7-12-29/h8-10,17-19H,5-7,11-16H2,1-4H3,(H,30,31). The van der Waals surface area contributed by atoms with Crippen LogP contribution in [-0.2, 0) is 4.74 Å². The summed E-state index contributed by atoms with van der Waals surface area (Å²) in [5.74, 6) is 0.168. The van der Waals surface area contributed by atoms with Gasteiger partial charge in [-0.15, -0.1) is 0 Å². The number of nitrogens with zero attached hydrogens (tertiary/aromatic N) is 4. The lowest BCUT2D eigenvalue weighted by atomic mass is 9.71. The molecule has 1 N–H and O–H groups in total. The van der Waals surface area contributed by atoms with E-state index in [0.717, 1.165) is 55.7 Å². The summed E-state index contributed by atoms with van der Waals surface area (Å²) in [6.07, 6.45) is 8.52. The molecule has 196 valence electrons. The summed E-state index contributed by atoms with van der Waals surface area (Å²) < 4.78 is 5.52. The van der Waals surface area contributed by atoms with Gasteiger partial charge >= 0.3 is 6.09 Å². The van der Waals surface area contributed by atoms with E-state index < -0.39 is 5.60 Å². The molecule has 2 fully saturated rings. The first-order valence-electron chi connectivity index (χ1n) is 13.4. The molecule has 8 nitrogen and oxygen atoms in total. The molecular weight excluding hydrogens is 466 g/mol. The summed E-state index contributed by atoms with van der Waals surface area (Å²) in [7, 11) is 0. The SMILES string of the molecule is CC(C)(C)OC(=O)N1CCN(c2cccc(-c3cnc4[nH]cc(C(=O)C5(C)CCCCC5)c4n3)c2)CC1. The smallest absolute Gasteiger partial charge is 0.410 e. The molecule has 1 amide bonds. The number of aromatic amines is 1. The van der Waals surface area contributed by atoms with Crippen LogP contribution in [0.1, 0.15) is 70.2 Å². The number of anilines is 1. The van der Waals surface area contributed by atoms with Gasteiger partial charge in [-0.25, -0.2) is 14.8 Å². The first-order chi connectivity index (χ1) is 17.6. The van der Waals surface area contributed by atoms with Gasteiger partial charge in [-0.05, 0) is 45.7 Å². The maximum Gasteiger partial charge on any atom is 0.410 e. The zero-order chi connectivity index (χ0) is 26.2. The lowest BCUT2D eigenvalue weighted by molar-refractivity contribution is 0.0240. The number of ether oxygens (including phenoxy) is 1. The maximum atomic E-state index is 13.5. The molecule has 5 rings (SSSR count). The monoisotopic (exact) mass is 503 g/mol. The van der Waals surface area contributed by atoms with E-state index in [9.17, 15) is 9.59 Å². The van der Waals surface area contributed by atoms with Crippen LogP contribution in [0, 0.1) is 5.41 Å². The van der Waals surface area contributed by atoms with E-state index in [1.165, 1.54) is 6.42 Å². The number of aromatic nitrogens is 3. The van der Waals surface area contributed by atoms with Gasteiger partial charge in [0.2, 0.25) is 0 Å². The fourth-order valence-electron chi connectivity index (χ4n) is 5.42. The Morgan fingerprint density at radius 3 is 2.49 bits per heavy atom. The zero-order valence-electron chi connectivity index (χ0n) is 22.3. The first-order valence-corrected chi connectivity index (χ1v) is 13.4. The highest BCUT2D eigenvalue weighted by atomic mass is 16.6. The number of hydrogen-bond donors (Lipinski definition) is 1. The van der Waals surface area contributed by atoms with Crippen LogP contribution in [0.4, 0.5) is 10.5 Å². The predicted octanol–water partition coefficient (Wildman–Crippen LogP) is 5.84. The highest BCUT2D eigenvalue weighted by Gasteiger charge is 2.36. The molecule has 3 aromatic rings. The third-order valence-corrected chi connectivity index (χ3v) is 7.57. The molecule has 8 heteroatoms. The zero-order valence-corrected chi connectivity index (χ0v) is 22.3. The van der Waals surface area contributed by atoms with Crippen LogP contribution >= 0.6 is 0 Å². The van der Waals surface area contributed by atoms with Crippen molar-refractivity contribution in [1.82, 2.24) is 19.9 Å². The number of H-pyrrole nitrogens is 1. The molecule has 0 spiro atoms. The number of hydrogen-bond acceptors (Lipinski definition) is 6. The Labute approximate surface area is 218 Å². The Morgan fingerprint density at radius 2 is 1.78 bits per heavy atom. The molecule has 1 aliphatic carbocycles. The fraction of sp³-hybridized carbons (Fsp3) is 0.517. The largest absolute Gasteiger partial charge is 0.444 e. The average molecular weight is 504 g/mol. The van der Waals surface area contributed by atoms with Crippen LogP contribution in [0.3, 0.4) is 0 Å². The minimum atomic E-state index is -0.497. The number of amides is 1. The van der Waals surface area contributed by atoms with Gasteiger partial charge in [0.1, 0.15) is 11.1 Å². The summed E-state index contributed by atoms with van der Waals surface area (Å²) >= 11 is 0. The van der Waals surface area contributed by atoms with Crippen molar-refractivity contribution in [3.05, 3.63) is 42.2 Å². The van der Waals surface area contributed by atoms with Gasteiger partial charge in [-0.2, -0.15) is 0 Å². The summed E-state index contributed by atoms with van der Waals surface area (Å²) in [5, 5.41) is 0. The molecule has 1 saturated carbocycles. The number of piperazine rings is 1. The molecule has 0 radical (unpaired) electrons. The number of ketones is 1. The van der Waals surface area contributed by atoms with E-state index in [1.54, 1.807) is 17.3 Å². The molecule has 0 atom stereocenters. The maximum absolute atomic E-state index is 13.5. The van der Waals surface area contributed by atoms with Crippen molar-refractivity contribution in [3.63, 3.8) is 0 Å². The molecule has 37 heavy (non-hydrogen) atoms. The lowest BCUT2D eigenvalue weighted by Crippen LogP contribution is -2.50. The molecule has 2 aromatic heterocycles. The van der Waals surface area contributed by atoms with Gasteiger partial charge < -0.3 is 19.5 Å². The van der Waals surface area contributed by atoms with Gasteiger partial charge in [0.15, 0.2) is 11.4 Å². The van der Waals surface area contributed by atoms with Crippen molar-refractivity contribution in [2.45, 2.75) is 65.4 Å². The summed E-state index contributed by atoms with van der Waals surface area (Å²) in [6, 6.07) is 8.22. The molecule has 3 heterocycles. The van der Waals surface area contributed by atoms with E-state index in [0.29, 0.717) is 29.8 Å². The molecule has 1 aliphatic heterocycles. The predicted molar refractivity (Wildman–Crippen MR) is 145 cm³/mol. The summed E-state index contributed by atoms with van der Waals surface area (Å²) in [4.78, 5) is 42.6. The van der Waals surface area contributed by atoms with Crippen LogP contribution in [0.2, 0.25) is 0 Å². The second kappa shape index (κ2) is 9.80. The van der Waals surface area contributed by atoms with E-state index in [4.69, 9.17) is 9.72 Å². The molecule has 0 bridgehead atoms. The van der Waals surface area contributed by atoms with Crippen molar-refractivity contribution in [2.75, 3.05) is 31.1 Å². The van der Waals surface area contributed by atoms with Crippen molar-refractivity contribution < 1.29 is 14.3 Å². The minimum absolute atomic E-state index is 0.168. The summed E-state index contributed by atoms with van der Waals surface area (Å²) in [6.45, 7) is 10.4. The Kier molecular flexibility index (Phi) is 6.68. The number of carbonyl (C=O) groups is 2. The number of rotatable bonds is 4. The minimum Gasteiger partial charge on any atom is -0.444 e. The summed E-state index contributed by atoms with van der Waals surface area (Å²) in [5.41, 5.74) is 3.86.